The molecule has 4 heterocycles. The van der Waals surface area contributed by atoms with Gasteiger partial charge in [-0.25, -0.2) is 23.1 Å². The molecule has 1 aromatic carbocycles. The van der Waals surface area contributed by atoms with Crippen LogP contribution in [-0.2, 0) is 11.3 Å². The molecule has 0 bridgehead atoms. The van der Waals surface area contributed by atoms with Crippen LogP contribution in [0, 0.1) is 12.7 Å². The molecule has 0 aromatic heterocycles. The summed E-state index contributed by atoms with van der Waals surface area (Å²) >= 11 is 0. The van der Waals surface area contributed by atoms with Crippen molar-refractivity contribution in [2.24, 2.45) is 4.99 Å². The van der Waals surface area contributed by atoms with Crippen LogP contribution in [0.1, 0.15) is 49.7 Å². The van der Waals surface area contributed by atoms with Gasteiger partial charge < -0.3 is 19.5 Å². The molecule has 190 valence electrons. The van der Waals surface area contributed by atoms with Crippen molar-refractivity contribution in [3.05, 3.63) is 52.5 Å². The molecule has 8 nitrogen and oxygen atoms in total. The fraction of sp³-hybridized carbons (Fsp3) is 0.440. The zero-order valence-electron chi connectivity index (χ0n) is 20.3. The third-order valence-electron chi connectivity index (χ3n) is 6.62. The normalized spacial score (nSPS) is 18.6. The van der Waals surface area contributed by atoms with Gasteiger partial charge in [-0.1, -0.05) is 18.2 Å². The molecular formula is C25H27F3N6O2. The molecule has 0 radical (unpaired) electrons. The van der Waals surface area contributed by atoms with Gasteiger partial charge in [-0.2, -0.15) is 0 Å². The highest BCUT2D eigenvalue weighted by molar-refractivity contribution is 5.73. The predicted octanol–water partition coefficient (Wildman–Crippen LogP) is 3.86. The summed E-state index contributed by atoms with van der Waals surface area (Å²) in [6.45, 7) is 7.43. The van der Waals surface area contributed by atoms with E-state index in [0.717, 1.165) is 18.3 Å². The number of hydrogen-bond donors (Lipinski definition) is 1. The second kappa shape index (κ2) is 9.44. The standard InChI is InChI=1S/C25H27F3N6O2/c1-13(17-5-4-6-18(21(17)26)22(27)28)30-23-19-11-20(36-16-7-9-33(12-16)15(3)35)25-29-8-10-34(25)24(19)32-14(2)31-23/h4-6,11,13,16,22,29H,7-10,12H2,1-3H3/t13?,16-/m0/s1. The highest BCUT2D eigenvalue weighted by atomic mass is 19.3. The Morgan fingerprint density at radius 1 is 1.25 bits per heavy atom. The van der Waals surface area contributed by atoms with Crippen LogP contribution in [0.2, 0.25) is 0 Å². The first-order valence-electron chi connectivity index (χ1n) is 11.9. The number of nitrogens with zero attached hydrogens (tertiary/aromatic N) is 5. The molecule has 1 amide bonds. The van der Waals surface area contributed by atoms with Gasteiger partial charge in [-0.3, -0.25) is 9.79 Å². The molecule has 1 unspecified atom stereocenters. The minimum Gasteiger partial charge on any atom is -0.485 e. The van der Waals surface area contributed by atoms with Crippen LogP contribution in [0.4, 0.5) is 19.0 Å². The minimum absolute atomic E-state index is 0.0134. The number of pyridine rings is 1. The SMILES string of the molecule is CC(=O)N1CC[C@H](Oc2cc3c(=NC(C)c4cccc(C(F)F)c4F)nc(C)nc-3n3c2NCC3)C1. The Morgan fingerprint density at radius 2 is 2.03 bits per heavy atom. The number of fused-ring (bicyclic) bond motifs is 3. The van der Waals surface area contributed by atoms with Gasteiger partial charge in [0.1, 0.15) is 23.6 Å². The molecule has 0 saturated carbocycles. The number of carbonyl (C=O) groups is 1. The molecule has 11 heteroatoms. The smallest absolute Gasteiger partial charge is 0.266 e. The maximum absolute atomic E-state index is 14.8. The highest BCUT2D eigenvalue weighted by Crippen LogP contribution is 2.36. The zero-order valence-corrected chi connectivity index (χ0v) is 20.3. The average molecular weight is 501 g/mol. The number of alkyl halides is 2. The fourth-order valence-corrected chi connectivity index (χ4v) is 4.80. The van der Waals surface area contributed by atoms with Crippen LogP contribution >= 0.6 is 0 Å². The zero-order chi connectivity index (χ0) is 25.6. The lowest BCUT2D eigenvalue weighted by Gasteiger charge is -2.21. The molecule has 36 heavy (non-hydrogen) atoms. The number of nitrogens with one attached hydrogen (secondary N) is 1. The van der Waals surface area contributed by atoms with Crippen LogP contribution in [0.5, 0.6) is 5.75 Å². The molecule has 1 N–H and O–H groups in total. The van der Waals surface area contributed by atoms with E-state index in [9.17, 15) is 18.0 Å². The maximum atomic E-state index is 14.8. The van der Waals surface area contributed by atoms with E-state index < -0.39 is 23.8 Å². The second-order valence-electron chi connectivity index (χ2n) is 9.12. The summed E-state index contributed by atoms with van der Waals surface area (Å²) < 4.78 is 49.6. The third kappa shape index (κ3) is 4.38. The molecule has 2 atom stereocenters. The lowest BCUT2D eigenvalue weighted by molar-refractivity contribution is -0.128. The quantitative estimate of drug-likeness (QED) is 0.575. The molecule has 4 aliphatic heterocycles. The number of aryl methyl sites for hydroxylation is 1. The van der Waals surface area contributed by atoms with E-state index in [2.05, 4.69) is 20.3 Å². The summed E-state index contributed by atoms with van der Waals surface area (Å²) in [5.74, 6) is 1.57. The van der Waals surface area contributed by atoms with Crippen molar-refractivity contribution in [2.45, 2.75) is 52.3 Å². The summed E-state index contributed by atoms with van der Waals surface area (Å²) in [5, 5.41) is 3.34. The number of rotatable bonds is 5. The Bertz CT molecular complexity index is 1360. The topological polar surface area (TPSA) is 84.6 Å². The van der Waals surface area contributed by atoms with Gasteiger partial charge in [-0.15, -0.1) is 0 Å². The number of aromatic nitrogens is 3. The van der Waals surface area contributed by atoms with Crippen LogP contribution in [-0.4, -0.2) is 51.1 Å². The first-order valence-corrected chi connectivity index (χ1v) is 11.9. The van der Waals surface area contributed by atoms with Crippen molar-refractivity contribution in [2.75, 3.05) is 25.0 Å². The molecule has 1 saturated heterocycles. The maximum Gasteiger partial charge on any atom is 0.266 e. The van der Waals surface area contributed by atoms with E-state index >= 15 is 0 Å². The molecule has 0 aliphatic carbocycles. The van der Waals surface area contributed by atoms with Gasteiger partial charge in [0.2, 0.25) is 5.91 Å². The van der Waals surface area contributed by atoms with Crippen molar-refractivity contribution >= 4 is 11.7 Å². The minimum atomic E-state index is -2.92. The largest absolute Gasteiger partial charge is 0.485 e. The Morgan fingerprint density at radius 3 is 2.75 bits per heavy atom. The first-order chi connectivity index (χ1) is 17.2. The Kier molecular flexibility index (Phi) is 6.31. The van der Waals surface area contributed by atoms with Gasteiger partial charge in [0.25, 0.3) is 6.43 Å². The van der Waals surface area contributed by atoms with Crippen LogP contribution < -0.4 is 15.5 Å². The van der Waals surface area contributed by atoms with Crippen LogP contribution in [0.3, 0.4) is 0 Å². The van der Waals surface area contributed by atoms with Crippen molar-refractivity contribution < 1.29 is 22.7 Å². The number of halogens is 3. The summed E-state index contributed by atoms with van der Waals surface area (Å²) in [6, 6.07) is 4.99. The lowest BCUT2D eigenvalue weighted by atomic mass is 10.0. The second-order valence-corrected chi connectivity index (χ2v) is 9.12. The highest BCUT2D eigenvalue weighted by Gasteiger charge is 2.30. The summed E-state index contributed by atoms with van der Waals surface area (Å²) in [6.07, 6.45) is -2.36. The van der Waals surface area contributed by atoms with E-state index in [1.807, 2.05) is 10.6 Å². The van der Waals surface area contributed by atoms with Gasteiger partial charge >= 0.3 is 0 Å². The number of benzene rings is 1. The molecule has 0 spiro atoms. The van der Waals surface area contributed by atoms with Crippen LogP contribution in [0.15, 0.2) is 29.3 Å². The predicted molar refractivity (Wildman–Crippen MR) is 126 cm³/mol. The van der Waals surface area contributed by atoms with Gasteiger partial charge in [0, 0.05) is 38.5 Å². The molecule has 5 rings (SSSR count). The summed E-state index contributed by atoms with van der Waals surface area (Å²) in [5.41, 5.74) is 0.362. The summed E-state index contributed by atoms with van der Waals surface area (Å²) in [4.78, 5) is 27.2. The summed E-state index contributed by atoms with van der Waals surface area (Å²) in [7, 11) is 0. The van der Waals surface area contributed by atoms with E-state index in [-0.39, 0.29) is 17.6 Å². The van der Waals surface area contributed by atoms with Gasteiger partial charge in [0.15, 0.2) is 17.1 Å². The van der Waals surface area contributed by atoms with Crippen molar-refractivity contribution in [3.8, 4) is 17.1 Å². The number of ether oxygens (including phenoxy) is 1. The lowest BCUT2D eigenvalue weighted by Crippen LogP contribution is -2.29. The number of hydrogen-bond acceptors (Lipinski definition) is 6. The molecule has 1 aromatic rings. The van der Waals surface area contributed by atoms with Crippen molar-refractivity contribution in [1.82, 2.24) is 19.4 Å². The Labute approximate surface area is 206 Å². The number of likely N-dealkylation sites (tertiary alicyclic amines) is 1. The van der Waals surface area contributed by atoms with E-state index in [1.54, 1.807) is 25.7 Å². The Balaban J connectivity index is 1.59. The average Bonchev–Trinajstić information content (AvgIpc) is 3.50. The number of anilines is 1. The van der Waals surface area contributed by atoms with Crippen molar-refractivity contribution in [1.29, 1.82) is 0 Å². The Hall–Kier alpha value is -3.63. The van der Waals surface area contributed by atoms with Crippen LogP contribution in [0.25, 0.3) is 11.4 Å². The molecular weight excluding hydrogens is 473 g/mol. The molecule has 4 aliphatic rings. The number of amides is 1. The van der Waals surface area contributed by atoms with E-state index in [1.165, 1.54) is 12.1 Å². The first kappa shape index (κ1) is 24.1. The molecule has 1 fully saturated rings. The van der Waals surface area contributed by atoms with E-state index in [0.29, 0.717) is 54.6 Å². The third-order valence-corrected chi connectivity index (χ3v) is 6.62. The van der Waals surface area contributed by atoms with Gasteiger partial charge in [0.05, 0.1) is 23.7 Å². The van der Waals surface area contributed by atoms with Gasteiger partial charge in [-0.05, 0) is 19.9 Å². The van der Waals surface area contributed by atoms with Crippen molar-refractivity contribution in [3.63, 3.8) is 0 Å². The number of carbonyl (C=O) groups excluding carboxylic acids is 1. The monoisotopic (exact) mass is 500 g/mol. The van der Waals surface area contributed by atoms with E-state index in [4.69, 9.17) is 4.74 Å². The fourth-order valence-electron chi connectivity index (χ4n) is 4.80.